The number of thioether (sulfide) groups is 1. The Kier molecular flexibility index (Phi) is 5.37. The summed E-state index contributed by atoms with van der Waals surface area (Å²) in [7, 11) is 0. The third-order valence-electron chi connectivity index (χ3n) is 3.62. The molecule has 1 saturated carbocycles. The highest BCUT2D eigenvalue weighted by Gasteiger charge is 2.25. The van der Waals surface area contributed by atoms with Crippen LogP contribution in [0.1, 0.15) is 31.7 Å². The highest BCUT2D eigenvalue weighted by molar-refractivity contribution is 7.99. The van der Waals surface area contributed by atoms with Gasteiger partial charge in [0.2, 0.25) is 5.82 Å². The van der Waals surface area contributed by atoms with E-state index in [1.54, 1.807) is 6.07 Å². The molecule has 0 aromatic heterocycles. The first-order valence-electron chi connectivity index (χ1n) is 6.88. The van der Waals surface area contributed by atoms with Gasteiger partial charge in [-0.2, -0.15) is 16.2 Å². The summed E-state index contributed by atoms with van der Waals surface area (Å²) in [5.74, 6) is 0.402. The average Bonchev–Trinajstić information content (AvgIpc) is 2.85. The summed E-state index contributed by atoms with van der Waals surface area (Å²) in [6.45, 7) is 2.51. The van der Waals surface area contributed by atoms with Gasteiger partial charge in [-0.1, -0.05) is 19.1 Å². The molecule has 4 nitrogen and oxygen atoms in total. The number of halogens is 1. The maximum Gasteiger partial charge on any atom is 0.305 e. The molecule has 1 aliphatic rings. The Morgan fingerprint density at radius 3 is 3.00 bits per heavy atom. The van der Waals surface area contributed by atoms with Crippen molar-refractivity contribution >= 4 is 17.4 Å². The number of benzene rings is 1. The van der Waals surface area contributed by atoms with E-state index >= 15 is 0 Å². The highest BCUT2D eigenvalue weighted by Crippen LogP contribution is 2.30. The van der Waals surface area contributed by atoms with E-state index in [0.29, 0.717) is 23.4 Å². The van der Waals surface area contributed by atoms with Crippen molar-refractivity contribution in [3.63, 3.8) is 0 Å². The monoisotopic (exact) mass is 298 g/mol. The minimum atomic E-state index is -0.720. The molecule has 1 N–H and O–H groups in total. The molecular formula is C14H19FN2O2S. The Morgan fingerprint density at radius 2 is 2.30 bits per heavy atom. The van der Waals surface area contributed by atoms with E-state index in [9.17, 15) is 14.5 Å². The van der Waals surface area contributed by atoms with Gasteiger partial charge in [0.25, 0.3) is 0 Å². The van der Waals surface area contributed by atoms with Crippen molar-refractivity contribution < 1.29 is 9.31 Å². The summed E-state index contributed by atoms with van der Waals surface area (Å²) < 4.78 is 13.9. The zero-order valence-electron chi connectivity index (χ0n) is 11.5. The SMILES string of the molecule is CCSC1CCC(NCc2cccc([N+](=O)[O-])c2F)C1. The third-order valence-corrected chi connectivity index (χ3v) is 4.86. The molecule has 0 amide bonds. The fourth-order valence-corrected chi connectivity index (χ4v) is 3.75. The Labute approximate surface area is 122 Å². The van der Waals surface area contributed by atoms with Crippen molar-refractivity contribution in [3.05, 3.63) is 39.7 Å². The first kappa shape index (κ1) is 15.3. The van der Waals surface area contributed by atoms with E-state index in [0.717, 1.165) is 18.6 Å². The Morgan fingerprint density at radius 1 is 1.50 bits per heavy atom. The van der Waals surface area contributed by atoms with Gasteiger partial charge in [-0.3, -0.25) is 10.1 Å². The summed E-state index contributed by atoms with van der Waals surface area (Å²) in [6.07, 6.45) is 3.37. The van der Waals surface area contributed by atoms with Crippen LogP contribution in [-0.4, -0.2) is 22.0 Å². The molecule has 0 radical (unpaired) electrons. The van der Waals surface area contributed by atoms with Crippen LogP contribution < -0.4 is 5.32 Å². The molecule has 1 aromatic rings. The van der Waals surface area contributed by atoms with Crippen LogP contribution in [0.5, 0.6) is 0 Å². The van der Waals surface area contributed by atoms with Crippen molar-refractivity contribution in [1.82, 2.24) is 5.32 Å². The smallest absolute Gasteiger partial charge is 0.305 e. The Bertz CT molecular complexity index is 484. The summed E-state index contributed by atoms with van der Waals surface area (Å²) in [6, 6.07) is 4.71. The van der Waals surface area contributed by atoms with Gasteiger partial charge in [0, 0.05) is 29.5 Å². The van der Waals surface area contributed by atoms with Gasteiger partial charge >= 0.3 is 5.69 Å². The molecule has 1 fully saturated rings. The molecule has 0 spiro atoms. The van der Waals surface area contributed by atoms with E-state index in [2.05, 4.69) is 12.2 Å². The molecule has 1 aromatic carbocycles. The van der Waals surface area contributed by atoms with Crippen molar-refractivity contribution in [2.45, 2.75) is 44.0 Å². The minimum Gasteiger partial charge on any atom is -0.310 e. The van der Waals surface area contributed by atoms with Crippen LogP contribution in [0.15, 0.2) is 18.2 Å². The number of rotatable bonds is 6. The lowest BCUT2D eigenvalue weighted by Crippen LogP contribution is -2.26. The number of nitrogens with one attached hydrogen (secondary N) is 1. The van der Waals surface area contributed by atoms with Crippen LogP contribution in [0, 0.1) is 15.9 Å². The molecule has 0 bridgehead atoms. The van der Waals surface area contributed by atoms with Crippen LogP contribution in [0.25, 0.3) is 0 Å². The molecule has 2 atom stereocenters. The van der Waals surface area contributed by atoms with Crippen molar-refractivity contribution in [1.29, 1.82) is 0 Å². The molecule has 6 heteroatoms. The van der Waals surface area contributed by atoms with E-state index in [4.69, 9.17) is 0 Å². The lowest BCUT2D eigenvalue weighted by atomic mass is 10.1. The van der Waals surface area contributed by atoms with E-state index in [1.165, 1.54) is 18.6 Å². The fourth-order valence-electron chi connectivity index (χ4n) is 2.61. The molecule has 0 aliphatic heterocycles. The second-order valence-corrected chi connectivity index (χ2v) is 6.55. The standard InChI is InChI=1S/C14H19FN2O2S/c1-2-20-12-7-6-11(8-12)16-9-10-4-3-5-13(14(10)15)17(18)19/h3-5,11-12,16H,2,6-9H2,1H3. The predicted molar refractivity (Wildman–Crippen MR) is 79.5 cm³/mol. The predicted octanol–water partition coefficient (Wildman–Crippen LogP) is 3.50. The van der Waals surface area contributed by atoms with Gasteiger partial charge in [-0.05, 0) is 25.0 Å². The normalized spacial score (nSPS) is 22.1. The summed E-state index contributed by atoms with van der Waals surface area (Å²) in [5, 5.41) is 14.7. The molecule has 0 heterocycles. The van der Waals surface area contributed by atoms with E-state index in [-0.39, 0.29) is 0 Å². The van der Waals surface area contributed by atoms with E-state index in [1.807, 2.05) is 11.8 Å². The van der Waals surface area contributed by atoms with Crippen LogP contribution in [-0.2, 0) is 6.54 Å². The summed E-state index contributed by atoms with van der Waals surface area (Å²) in [4.78, 5) is 10.0. The van der Waals surface area contributed by atoms with Gasteiger partial charge in [-0.25, -0.2) is 0 Å². The van der Waals surface area contributed by atoms with Gasteiger partial charge in [0.15, 0.2) is 0 Å². The highest BCUT2D eigenvalue weighted by atomic mass is 32.2. The topological polar surface area (TPSA) is 55.2 Å². The zero-order valence-corrected chi connectivity index (χ0v) is 12.3. The lowest BCUT2D eigenvalue weighted by molar-refractivity contribution is -0.387. The second-order valence-electron chi connectivity index (χ2n) is 4.98. The molecule has 1 aliphatic carbocycles. The molecular weight excluding hydrogens is 279 g/mol. The van der Waals surface area contributed by atoms with Gasteiger partial charge in [0.05, 0.1) is 4.92 Å². The number of nitro groups is 1. The molecule has 0 saturated heterocycles. The average molecular weight is 298 g/mol. The Hall–Kier alpha value is -1.14. The van der Waals surface area contributed by atoms with Gasteiger partial charge in [0.1, 0.15) is 0 Å². The first-order chi connectivity index (χ1) is 9.61. The van der Waals surface area contributed by atoms with Gasteiger partial charge in [-0.15, -0.1) is 0 Å². The van der Waals surface area contributed by atoms with Crippen molar-refractivity contribution in [2.24, 2.45) is 0 Å². The maximum atomic E-state index is 13.9. The van der Waals surface area contributed by atoms with Crippen molar-refractivity contribution in [2.75, 3.05) is 5.75 Å². The van der Waals surface area contributed by atoms with Crippen LogP contribution >= 0.6 is 11.8 Å². The van der Waals surface area contributed by atoms with Gasteiger partial charge < -0.3 is 5.32 Å². The number of hydrogen-bond donors (Lipinski definition) is 1. The molecule has 2 unspecified atom stereocenters. The first-order valence-corrected chi connectivity index (χ1v) is 7.93. The van der Waals surface area contributed by atoms with Crippen LogP contribution in [0.2, 0.25) is 0 Å². The Balaban J connectivity index is 1.92. The van der Waals surface area contributed by atoms with E-state index < -0.39 is 16.4 Å². The summed E-state index contributed by atoms with van der Waals surface area (Å²) >= 11 is 1.97. The number of nitrogens with zero attached hydrogens (tertiary/aromatic N) is 1. The van der Waals surface area contributed by atoms with Crippen LogP contribution in [0.4, 0.5) is 10.1 Å². The number of hydrogen-bond acceptors (Lipinski definition) is 4. The number of nitro benzene ring substituents is 1. The minimum absolute atomic E-state index is 0.349. The zero-order chi connectivity index (χ0) is 14.5. The molecule has 110 valence electrons. The molecule has 2 rings (SSSR count). The fraction of sp³-hybridized carbons (Fsp3) is 0.571. The largest absolute Gasteiger partial charge is 0.310 e. The van der Waals surface area contributed by atoms with Crippen LogP contribution in [0.3, 0.4) is 0 Å². The second kappa shape index (κ2) is 7.04. The third kappa shape index (κ3) is 3.70. The molecule has 20 heavy (non-hydrogen) atoms. The lowest BCUT2D eigenvalue weighted by Gasteiger charge is -2.13. The quantitative estimate of drug-likeness (QED) is 0.645. The van der Waals surface area contributed by atoms with Crippen molar-refractivity contribution in [3.8, 4) is 0 Å². The summed E-state index contributed by atoms with van der Waals surface area (Å²) in [5.41, 5.74) is -0.0825. The maximum absolute atomic E-state index is 13.9.